The normalized spacial score (nSPS) is 13.0. The third-order valence-corrected chi connectivity index (χ3v) is 10.7. The van der Waals surface area contributed by atoms with E-state index in [1.807, 2.05) is 0 Å². The number of azo groups is 1. The van der Waals surface area contributed by atoms with Crippen molar-refractivity contribution >= 4 is 104 Å². The molecule has 20 nitrogen and oxygen atoms in total. The molecule has 0 amide bonds. The maximum atomic E-state index is 12.5. The molecular formula is C29H26ClN7O13S4. The number of anilines is 3. The van der Waals surface area contributed by atoms with Crippen LogP contribution in [-0.4, -0.2) is 88.7 Å². The molecule has 1 atom stereocenters. The molecule has 286 valence electrons. The van der Waals surface area contributed by atoms with Gasteiger partial charge in [0.2, 0.25) is 28.3 Å². The molecule has 0 fully saturated rings. The van der Waals surface area contributed by atoms with E-state index in [4.69, 9.17) is 20.5 Å². The highest BCUT2D eigenvalue weighted by Gasteiger charge is 2.27. The molecule has 0 aliphatic rings. The maximum Gasteiger partial charge on any atom is 0.297 e. The minimum Gasteiger partial charge on any atom is -0.505 e. The Morgan fingerprint density at radius 3 is 2.28 bits per heavy atom. The van der Waals surface area contributed by atoms with Crippen molar-refractivity contribution in [3.63, 3.8) is 0 Å². The summed E-state index contributed by atoms with van der Waals surface area (Å²) in [5.41, 5.74) is -1.82. The Balaban J connectivity index is 1.59. The minimum atomic E-state index is -5.29. The fourth-order valence-electron chi connectivity index (χ4n) is 4.88. The van der Waals surface area contributed by atoms with Gasteiger partial charge < -0.3 is 24.7 Å². The van der Waals surface area contributed by atoms with Gasteiger partial charge in [-0.2, -0.15) is 40.2 Å². The maximum absolute atomic E-state index is 12.5. The summed E-state index contributed by atoms with van der Waals surface area (Å²) in [5, 5.41) is 23.7. The SMILES string of the molecule is C=COS(=O)CCOCCNc1nc(Cl)nc(Nc2cc(S(=O)(=O)O)cc3cc(S(=O)(=O)O)c(N=Nc4ccc5ccccc5c4S(=O)(=O)O)c(O)c23)n1. The van der Waals surface area contributed by atoms with E-state index < -0.39 is 78.6 Å². The Bertz CT molecular complexity index is 2680. The molecular weight excluding hydrogens is 818 g/mol. The van der Waals surface area contributed by atoms with Crippen molar-refractivity contribution in [2.24, 2.45) is 10.2 Å². The smallest absolute Gasteiger partial charge is 0.297 e. The highest BCUT2D eigenvalue weighted by atomic mass is 35.5. The van der Waals surface area contributed by atoms with Crippen LogP contribution in [0.5, 0.6) is 5.75 Å². The first-order valence-corrected chi connectivity index (χ1v) is 20.7. The molecule has 0 aliphatic carbocycles. The van der Waals surface area contributed by atoms with Gasteiger partial charge in [0.1, 0.15) is 21.2 Å². The number of nitrogens with zero attached hydrogens (tertiary/aromatic N) is 5. The lowest BCUT2D eigenvalue weighted by Crippen LogP contribution is -2.15. The lowest BCUT2D eigenvalue weighted by atomic mass is 10.1. The minimum absolute atomic E-state index is 0.0304. The zero-order valence-electron chi connectivity index (χ0n) is 27.0. The number of ether oxygens (including phenoxy) is 1. The van der Waals surface area contributed by atoms with E-state index in [-0.39, 0.29) is 59.2 Å². The highest BCUT2D eigenvalue weighted by Crippen LogP contribution is 2.46. The number of fused-ring (bicyclic) bond motifs is 2. The molecule has 5 aromatic rings. The summed E-state index contributed by atoms with van der Waals surface area (Å²) in [6, 6.07) is 10.9. The summed E-state index contributed by atoms with van der Waals surface area (Å²) in [6.07, 6.45) is 1.04. The molecule has 0 saturated carbocycles. The molecule has 4 aromatic carbocycles. The summed E-state index contributed by atoms with van der Waals surface area (Å²) in [5.74, 6) is -1.45. The number of benzene rings is 4. The number of phenols is 1. The Labute approximate surface area is 313 Å². The van der Waals surface area contributed by atoms with Gasteiger partial charge in [-0.1, -0.05) is 36.9 Å². The van der Waals surface area contributed by atoms with Gasteiger partial charge in [0.05, 0.1) is 35.8 Å². The van der Waals surface area contributed by atoms with Gasteiger partial charge in [-0.15, -0.1) is 10.2 Å². The van der Waals surface area contributed by atoms with Gasteiger partial charge in [0.25, 0.3) is 30.4 Å². The Hall–Kier alpha value is -4.92. The Kier molecular flexibility index (Phi) is 12.1. The van der Waals surface area contributed by atoms with Crippen LogP contribution in [0.25, 0.3) is 21.5 Å². The molecule has 1 aromatic heterocycles. The number of rotatable bonds is 16. The fourth-order valence-corrected chi connectivity index (χ4v) is 7.58. The lowest BCUT2D eigenvalue weighted by Gasteiger charge is -2.15. The number of aromatic hydroxyl groups is 1. The second-order valence-corrected chi connectivity index (χ2v) is 16.3. The summed E-state index contributed by atoms with van der Waals surface area (Å²) >= 11 is 4.47. The molecule has 0 saturated heterocycles. The highest BCUT2D eigenvalue weighted by molar-refractivity contribution is 7.86. The quantitative estimate of drug-likeness (QED) is 0.0340. The predicted octanol–water partition coefficient (Wildman–Crippen LogP) is 4.69. The van der Waals surface area contributed by atoms with Crippen LogP contribution in [0.2, 0.25) is 5.28 Å². The molecule has 0 bridgehead atoms. The van der Waals surface area contributed by atoms with Crippen LogP contribution in [0.4, 0.5) is 29.0 Å². The number of hydrogen-bond acceptors (Lipinski definition) is 17. The molecule has 0 aliphatic heterocycles. The average molecular weight is 844 g/mol. The second-order valence-electron chi connectivity index (χ2n) is 10.6. The van der Waals surface area contributed by atoms with Gasteiger partial charge in [0, 0.05) is 17.3 Å². The van der Waals surface area contributed by atoms with E-state index >= 15 is 0 Å². The van der Waals surface area contributed by atoms with E-state index in [2.05, 4.69) is 42.4 Å². The number of nitrogens with one attached hydrogen (secondary N) is 2. The topological polar surface area (TPSA) is 306 Å². The fraction of sp³-hybridized carbons (Fsp3) is 0.138. The van der Waals surface area contributed by atoms with E-state index in [0.717, 1.165) is 24.5 Å². The Morgan fingerprint density at radius 2 is 1.59 bits per heavy atom. The third-order valence-electron chi connectivity index (χ3n) is 7.03. The Morgan fingerprint density at radius 1 is 0.870 bits per heavy atom. The first-order valence-electron chi connectivity index (χ1n) is 14.7. The van der Waals surface area contributed by atoms with E-state index in [9.17, 15) is 48.2 Å². The van der Waals surface area contributed by atoms with Gasteiger partial charge >= 0.3 is 0 Å². The van der Waals surface area contributed by atoms with Crippen LogP contribution in [-0.2, 0) is 50.4 Å². The van der Waals surface area contributed by atoms with Crippen LogP contribution in [0.3, 0.4) is 0 Å². The molecule has 25 heteroatoms. The molecule has 1 unspecified atom stereocenters. The lowest BCUT2D eigenvalue weighted by molar-refractivity contribution is 0.159. The standard InChI is InChI=1S/C29H26ClN7O13S4/c1-2-50-51(39)12-11-49-10-9-31-28-33-27(30)34-29(35-28)32-21-15-18(52(40,41)42)13-17-14-22(53(43,44)45)24(25(38)23(17)21)37-36-20-8-7-16-5-3-4-6-19(16)26(20)54(46,47)48/h2-8,13-15,38H,1,9-12H2,(H,40,41,42)(H,43,44,45)(H,46,47,48)(H2,31,32,33,34,35). The zero-order valence-corrected chi connectivity index (χ0v) is 31.0. The number of hydrogen-bond donors (Lipinski definition) is 6. The van der Waals surface area contributed by atoms with Crippen molar-refractivity contribution in [3.05, 3.63) is 72.7 Å². The molecule has 1 heterocycles. The number of phenolic OH excluding ortho intramolecular Hbond substituents is 1. The number of halogens is 1. The van der Waals surface area contributed by atoms with Crippen molar-refractivity contribution in [2.75, 3.05) is 36.1 Å². The van der Waals surface area contributed by atoms with Crippen LogP contribution < -0.4 is 10.6 Å². The van der Waals surface area contributed by atoms with Crippen LogP contribution in [0, 0.1) is 0 Å². The van der Waals surface area contributed by atoms with Crippen molar-refractivity contribution in [2.45, 2.75) is 14.7 Å². The van der Waals surface area contributed by atoms with Gasteiger partial charge in [-0.25, -0.2) is 4.21 Å². The first-order chi connectivity index (χ1) is 25.4. The van der Waals surface area contributed by atoms with Crippen LogP contribution >= 0.6 is 11.6 Å². The monoisotopic (exact) mass is 843 g/mol. The third kappa shape index (κ3) is 9.59. The van der Waals surface area contributed by atoms with Crippen molar-refractivity contribution < 1.29 is 57.1 Å². The second kappa shape index (κ2) is 16.2. The van der Waals surface area contributed by atoms with Crippen molar-refractivity contribution in [1.29, 1.82) is 0 Å². The number of aromatic nitrogens is 3. The van der Waals surface area contributed by atoms with Crippen LogP contribution in [0.15, 0.2) is 92.4 Å². The average Bonchev–Trinajstić information content (AvgIpc) is 3.07. The van der Waals surface area contributed by atoms with Crippen molar-refractivity contribution in [3.8, 4) is 5.75 Å². The van der Waals surface area contributed by atoms with E-state index in [1.165, 1.54) is 18.2 Å². The van der Waals surface area contributed by atoms with Gasteiger partial charge in [-0.3, -0.25) is 13.7 Å². The molecule has 0 radical (unpaired) electrons. The predicted molar refractivity (Wildman–Crippen MR) is 195 cm³/mol. The molecule has 54 heavy (non-hydrogen) atoms. The first kappa shape index (κ1) is 40.3. The molecule has 5 rings (SSSR count). The van der Waals surface area contributed by atoms with E-state index in [0.29, 0.717) is 11.5 Å². The summed E-state index contributed by atoms with van der Waals surface area (Å²) in [7, 11) is -15.3. The molecule has 6 N–H and O–H groups in total. The van der Waals surface area contributed by atoms with E-state index in [1.54, 1.807) is 12.1 Å². The molecule has 0 spiro atoms. The van der Waals surface area contributed by atoms with Crippen molar-refractivity contribution in [1.82, 2.24) is 15.0 Å². The largest absolute Gasteiger partial charge is 0.505 e. The van der Waals surface area contributed by atoms with Gasteiger partial charge in [-0.05, 0) is 46.6 Å². The van der Waals surface area contributed by atoms with Crippen LogP contribution in [0.1, 0.15) is 0 Å². The summed E-state index contributed by atoms with van der Waals surface area (Å²) in [4.78, 5) is 9.34. The summed E-state index contributed by atoms with van der Waals surface area (Å²) < 4.78 is 126. The van der Waals surface area contributed by atoms with Gasteiger partial charge in [0.15, 0.2) is 5.75 Å². The zero-order chi connectivity index (χ0) is 39.4. The summed E-state index contributed by atoms with van der Waals surface area (Å²) in [6.45, 7) is 3.58.